The van der Waals surface area contributed by atoms with Crippen molar-refractivity contribution in [2.75, 3.05) is 5.75 Å². The van der Waals surface area contributed by atoms with Crippen molar-refractivity contribution in [3.63, 3.8) is 0 Å². The third-order valence-corrected chi connectivity index (χ3v) is 4.04. The molecule has 0 aliphatic carbocycles. The maximum Gasteiger partial charge on any atom is 0.307 e. The highest BCUT2D eigenvalue weighted by Gasteiger charge is 2.20. The average molecular weight is 397 g/mol. The highest BCUT2D eigenvalue weighted by Crippen LogP contribution is 2.23. The fraction of sp³-hybridized carbons (Fsp3) is 0.286. The van der Waals surface area contributed by atoms with Crippen LogP contribution in [0.1, 0.15) is 30.7 Å². The Bertz CT molecular complexity index is 966. The van der Waals surface area contributed by atoms with E-state index in [0.717, 1.165) is 10.9 Å². The van der Waals surface area contributed by atoms with Gasteiger partial charge in [0.2, 0.25) is 11.0 Å². The molecule has 0 bridgehead atoms. The van der Waals surface area contributed by atoms with Gasteiger partial charge >= 0.3 is 5.69 Å². The van der Waals surface area contributed by atoms with Crippen molar-refractivity contribution in [3.8, 4) is 0 Å². The van der Waals surface area contributed by atoms with E-state index >= 15 is 0 Å². The Morgan fingerprint density at radius 2 is 2.26 bits per heavy atom. The van der Waals surface area contributed by atoms with Crippen LogP contribution in [0.5, 0.6) is 0 Å². The molecule has 0 fully saturated rings. The molecular formula is C14H13F2N7O3S. The van der Waals surface area contributed by atoms with E-state index in [4.69, 9.17) is 4.42 Å². The summed E-state index contributed by atoms with van der Waals surface area (Å²) in [5.74, 6) is 0.846. The van der Waals surface area contributed by atoms with Crippen molar-refractivity contribution in [1.82, 2.24) is 24.7 Å². The van der Waals surface area contributed by atoms with Crippen molar-refractivity contribution in [2.45, 2.75) is 25.1 Å². The second kappa shape index (κ2) is 8.07. The number of halogens is 2. The smallest absolute Gasteiger partial charge is 0.307 e. The SMILES string of the molecule is CCSc1nnc(C(F)F)n1/N=C/c1ccc(Cn2cc([N+](=O)[O-])cn2)o1. The summed E-state index contributed by atoms with van der Waals surface area (Å²) in [6.07, 6.45) is 0.861. The van der Waals surface area contributed by atoms with Gasteiger partial charge in [0.15, 0.2) is 0 Å². The molecule has 10 nitrogen and oxygen atoms in total. The van der Waals surface area contributed by atoms with Gasteiger partial charge in [0.1, 0.15) is 23.9 Å². The highest BCUT2D eigenvalue weighted by atomic mass is 32.2. The van der Waals surface area contributed by atoms with Crippen LogP contribution in [0.4, 0.5) is 14.5 Å². The number of alkyl halides is 2. The Kier molecular flexibility index (Phi) is 5.59. The lowest BCUT2D eigenvalue weighted by Gasteiger charge is -2.01. The van der Waals surface area contributed by atoms with Gasteiger partial charge in [-0.3, -0.25) is 14.8 Å². The van der Waals surface area contributed by atoms with E-state index in [9.17, 15) is 18.9 Å². The second-order valence-corrected chi connectivity index (χ2v) is 6.32. The summed E-state index contributed by atoms with van der Waals surface area (Å²) in [6.45, 7) is 2.03. The summed E-state index contributed by atoms with van der Waals surface area (Å²) in [4.78, 5) is 10.1. The number of thioether (sulfide) groups is 1. The van der Waals surface area contributed by atoms with Crippen LogP contribution in [0.2, 0.25) is 0 Å². The molecule has 0 saturated heterocycles. The normalized spacial score (nSPS) is 11.7. The molecule has 0 amide bonds. The van der Waals surface area contributed by atoms with E-state index in [2.05, 4.69) is 20.4 Å². The summed E-state index contributed by atoms with van der Waals surface area (Å²) < 4.78 is 33.9. The van der Waals surface area contributed by atoms with E-state index in [-0.39, 0.29) is 17.4 Å². The van der Waals surface area contributed by atoms with E-state index in [1.165, 1.54) is 28.9 Å². The van der Waals surface area contributed by atoms with Gasteiger partial charge in [-0.15, -0.1) is 10.2 Å². The number of nitro groups is 1. The molecule has 3 heterocycles. The summed E-state index contributed by atoms with van der Waals surface area (Å²) in [6, 6.07) is 3.23. The van der Waals surface area contributed by atoms with Crippen LogP contribution >= 0.6 is 11.8 Å². The van der Waals surface area contributed by atoms with Gasteiger partial charge in [0.25, 0.3) is 6.43 Å². The minimum atomic E-state index is -2.82. The molecule has 0 atom stereocenters. The van der Waals surface area contributed by atoms with E-state index in [1.54, 1.807) is 12.1 Å². The predicted octanol–water partition coefficient (Wildman–Crippen LogP) is 2.96. The first-order chi connectivity index (χ1) is 13.0. The average Bonchev–Trinajstić information content (AvgIpc) is 3.34. The van der Waals surface area contributed by atoms with Crippen LogP contribution < -0.4 is 0 Å². The monoisotopic (exact) mass is 397 g/mol. The van der Waals surface area contributed by atoms with E-state index in [0.29, 0.717) is 17.3 Å². The summed E-state index contributed by atoms with van der Waals surface area (Å²) >= 11 is 1.23. The minimum Gasteiger partial charge on any atom is -0.458 e. The zero-order chi connectivity index (χ0) is 19.4. The summed E-state index contributed by atoms with van der Waals surface area (Å²) in [5, 5.41) is 25.9. The van der Waals surface area contributed by atoms with Crippen molar-refractivity contribution < 1.29 is 18.1 Å². The molecule has 0 spiro atoms. The summed E-state index contributed by atoms with van der Waals surface area (Å²) in [7, 11) is 0. The first-order valence-corrected chi connectivity index (χ1v) is 8.62. The molecule has 0 radical (unpaired) electrons. The third-order valence-electron chi connectivity index (χ3n) is 3.24. The lowest BCUT2D eigenvalue weighted by molar-refractivity contribution is -0.385. The molecule has 0 aliphatic heterocycles. The van der Waals surface area contributed by atoms with Crippen LogP contribution in [0.3, 0.4) is 0 Å². The first kappa shape index (κ1) is 18.7. The quantitative estimate of drug-likeness (QED) is 0.248. The Morgan fingerprint density at radius 3 is 2.93 bits per heavy atom. The molecule has 142 valence electrons. The molecule has 13 heteroatoms. The van der Waals surface area contributed by atoms with Gasteiger partial charge in [-0.1, -0.05) is 18.7 Å². The molecule has 3 rings (SSSR count). The molecule has 3 aromatic heterocycles. The zero-order valence-corrected chi connectivity index (χ0v) is 14.7. The topological polar surface area (TPSA) is 117 Å². The molecule has 0 unspecified atom stereocenters. The standard InChI is InChI=1S/C14H13F2N7O3S/c1-2-27-14-20-19-13(12(15)16)22(14)18-6-10-3-4-11(26-10)8-21-7-9(5-17-21)23(24)25/h3-7,12H,2,8H2,1H3/b18-6+. The van der Waals surface area contributed by atoms with Gasteiger partial charge in [-0.2, -0.15) is 14.9 Å². The van der Waals surface area contributed by atoms with Gasteiger partial charge in [-0.25, -0.2) is 8.78 Å². The lowest BCUT2D eigenvalue weighted by atomic mass is 10.4. The fourth-order valence-electron chi connectivity index (χ4n) is 2.10. The fourth-order valence-corrected chi connectivity index (χ4v) is 2.72. The Hall–Kier alpha value is -3.09. The van der Waals surface area contributed by atoms with E-state index < -0.39 is 17.2 Å². The number of hydrogen-bond acceptors (Lipinski definition) is 8. The van der Waals surface area contributed by atoms with Gasteiger partial charge in [-0.05, 0) is 17.9 Å². The summed E-state index contributed by atoms with van der Waals surface area (Å²) in [5.41, 5.74) is -0.128. The zero-order valence-electron chi connectivity index (χ0n) is 13.9. The molecule has 27 heavy (non-hydrogen) atoms. The number of nitrogens with zero attached hydrogens (tertiary/aromatic N) is 7. The maximum atomic E-state index is 13.0. The number of rotatable bonds is 8. The molecule has 0 aliphatic rings. The van der Waals surface area contributed by atoms with Crippen LogP contribution in [0.15, 0.2) is 39.2 Å². The second-order valence-electron chi connectivity index (χ2n) is 5.09. The van der Waals surface area contributed by atoms with Crippen molar-refractivity contribution in [2.24, 2.45) is 5.10 Å². The Morgan fingerprint density at radius 1 is 1.44 bits per heavy atom. The number of furan rings is 1. The number of aromatic nitrogens is 5. The van der Waals surface area contributed by atoms with E-state index in [1.807, 2.05) is 6.92 Å². The minimum absolute atomic E-state index is 0.128. The Balaban J connectivity index is 1.75. The molecule has 0 saturated carbocycles. The lowest BCUT2D eigenvalue weighted by Crippen LogP contribution is -2.00. The molecule has 3 aromatic rings. The van der Waals surface area contributed by atoms with Crippen LogP contribution in [-0.4, -0.2) is 41.5 Å². The molecular weight excluding hydrogens is 384 g/mol. The predicted molar refractivity (Wildman–Crippen MR) is 91.1 cm³/mol. The van der Waals surface area contributed by atoms with Crippen molar-refractivity contribution in [3.05, 3.63) is 52.0 Å². The van der Waals surface area contributed by atoms with Gasteiger partial charge in [0.05, 0.1) is 17.7 Å². The van der Waals surface area contributed by atoms with Crippen molar-refractivity contribution in [1.29, 1.82) is 0 Å². The Labute approximate surface area is 155 Å². The van der Waals surface area contributed by atoms with Crippen LogP contribution in [0, 0.1) is 10.1 Å². The largest absolute Gasteiger partial charge is 0.458 e. The molecule has 0 aromatic carbocycles. The van der Waals surface area contributed by atoms with Gasteiger partial charge in [0, 0.05) is 0 Å². The maximum absolute atomic E-state index is 13.0. The number of hydrogen-bond donors (Lipinski definition) is 0. The molecule has 0 N–H and O–H groups in total. The third kappa shape index (κ3) is 4.36. The van der Waals surface area contributed by atoms with Crippen LogP contribution in [0.25, 0.3) is 0 Å². The first-order valence-electron chi connectivity index (χ1n) is 7.64. The van der Waals surface area contributed by atoms with Crippen LogP contribution in [-0.2, 0) is 6.54 Å². The van der Waals surface area contributed by atoms with Crippen molar-refractivity contribution >= 4 is 23.7 Å². The highest BCUT2D eigenvalue weighted by molar-refractivity contribution is 7.99. The van der Waals surface area contributed by atoms with Gasteiger partial charge < -0.3 is 4.42 Å².